The monoisotopic (exact) mass is 297 g/mol. The van der Waals surface area contributed by atoms with E-state index >= 15 is 0 Å². The summed E-state index contributed by atoms with van der Waals surface area (Å²) in [5, 5.41) is 4.58. The van der Waals surface area contributed by atoms with Crippen LogP contribution in [0.15, 0.2) is 30.3 Å². The van der Waals surface area contributed by atoms with Gasteiger partial charge in [-0.05, 0) is 17.5 Å². The second-order valence-corrected chi connectivity index (χ2v) is 5.46. The van der Waals surface area contributed by atoms with E-state index in [9.17, 15) is 13.2 Å². The predicted octanol–water partition coefficient (Wildman–Crippen LogP) is 3.90. The summed E-state index contributed by atoms with van der Waals surface area (Å²) in [5.41, 5.74) is 5.70. The van der Waals surface area contributed by atoms with Crippen LogP contribution in [0, 0.1) is 0 Å². The molecule has 0 radical (unpaired) electrons. The minimum absolute atomic E-state index is 0.231. The summed E-state index contributed by atoms with van der Waals surface area (Å²) < 4.78 is 40.7. The highest BCUT2D eigenvalue weighted by atomic mass is 32.1. The van der Waals surface area contributed by atoms with Gasteiger partial charge in [-0.1, -0.05) is 12.1 Å². The third-order valence-corrected chi connectivity index (χ3v) is 4.21. The van der Waals surface area contributed by atoms with Crippen LogP contribution in [0.2, 0.25) is 0 Å². The lowest BCUT2D eigenvalue weighted by Crippen LogP contribution is -2.04. The van der Waals surface area contributed by atoms with Gasteiger partial charge in [-0.2, -0.15) is 18.3 Å². The molecule has 7 heteroatoms. The zero-order valence-electron chi connectivity index (χ0n) is 10.4. The molecule has 104 valence electrons. The molecule has 2 N–H and O–H groups in total. The summed E-state index contributed by atoms with van der Waals surface area (Å²) in [4.78, 5) is 0.711. The molecule has 2 heterocycles. The number of rotatable bonds is 1. The van der Waals surface area contributed by atoms with Crippen molar-refractivity contribution in [2.24, 2.45) is 7.05 Å². The van der Waals surface area contributed by atoms with Gasteiger partial charge in [0, 0.05) is 17.8 Å². The summed E-state index contributed by atoms with van der Waals surface area (Å²) in [6.45, 7) is 0. The van der Waals surface area contributed by atoms with Crippen molar-refractivity contribution in [3.8, 4) is 10.6 Å². The Morgan fingerprint density at radius 3 is 2.60 bits per heavy atom. The van der Waals surface area contributed by atoms with E-state index in [1.165, 1.54) is 6.07 Å². The zero-order chi connectivity index (χ0) is 14.5. The number of hydrogen-bond donors (Lipinski definition) is 1. The number of halogens is 3. The number of thiophene rings is 1. The summed E-state index contributed by atoms with van der Waals surface area (Å²) in [5.74, 6) is 0.344. The van der Waals surface area contributed by atoms with Gasteiger partial charge in [0.1, 0.15) is 5.82 Å². The number of nitrogens with zero attached hydrogens (tertiary/aromatic N) is 2. The quantitative estimate of drug-likeness (QED) is 0.740. The smallest absolute Gasteiger partial charge is 0.382 e. The summed E-state index contributed by atoms with van der Waals surface area (Å²) in [7, 11) is 1.71. The van der Waals surface area contributed by atoms with E-state index in [1.54, 1.807) is 29.9 Å². The van der Waals surface area contributed by atoms with Crippen molar-refractivity contribution in [2.75, 3.05) is 5.73 Å². The number of nitrogen functional groups attached to an aromatic ring is 1. The summed E-state index contributed by atoms with van der Waals surface area (Å²) in [6, 6.07) is 7.56. The summed E-state index contributed by atoms with van der Waals surface area (Å²) in [6.07, 6.45) is -4.35. The minimum Gasteiger partial charge on any atom is -0.382 e. The number of nitrogens with two attached hydrogens (primary N) is 1. The van der Waals surface area contributed by atoms with Gasteiger partial charge < -0.3 is 5.73 Å². The molecule has 3 nitrogen and oxygen atoms in total. The van der Waals surface area contributed by atoms with Gasteiger partial charge in [0.05, 0.1) is 16.1 Å². The van der Waals surface area contributed by atoms with Crippen LogP contribution in [-0.2, 0) is 13.2 Å². The van der Waals surface area contributed by atoms with Crippen molar-refractivity contribution in [1.29, 1.82) is 0 Å². The van der Waals surface area contributed by atoms with Gasteiger partial charge in [0.15, 0.2) is 0 Å². The molecule has 0 aliphatic rings. The average molecular weight is 297 g/mol. The van der Waals surface area contributed by atoms with Crippen LogP contribution in [0.5, 0.6) is 0 Å². The van der Waals surface area contributed by atoms with E-state index in [0.717, 1.165) is 17.4 Å². The normalized spacial score (nSPS) is 12.2. The third kappa shape index (κ3) is 2.03. The van der Waals surface area contributed by atoms with Crippen LogP contribution in [0.25, 0.3) is 20.7 Å². The molecule has 0 bridgehead atoms. The fourth-order valence-electron chi connectivity index (χ4n) is 2.13. The maximum atomic E-state index is 13.0. The number of anilines is 1. The minimum atomic E-state index is -4.35. The first kappa shape index (κ1) is 13.0. The van der Waals surface area contributed by atoms with Gasteiger partial charge in [-0.25, -0.2) is 0 Å². The van der Waals surface area contributed by atoms with E-state index in [-0.39, 0.29) is 4.70 Å². The molecule has 20 heavy (non-hydrogen) atoms. The molecule has 0 atom stereocenters. The molecular weight excluding hydrogens is 287 g/mol. The average Bonchev–Trinajstić information content (AvgIpc) is 2.89. The van der Waals surface area contributed by atoms with E-state index in [0.29, 0.717) is 21.8 Å². The number of alkyl halides is 3. The van der Waals surface area contributed by atoms with E-state index in [2.05, 4.69) is 5.10 Å². The van der Waals surface area contributed by atoms with Gasteiger partial charge in [-0.3, -0.25) is 4.68 Å². The highest BCUT2D eigenvalue weighted by Crippen LogP contribution is 2.41. The molecule has 0 spiro atoms. The molecule has 0 saturated carbocycles. The Bertz CT molecular complexity index is 786. The van der Waals surface area contributed by atoms with Crippen molar-refractivity contribution in [2.45, 2.75) is 6.18 Å². The Morgan fingerprint density at radius 1 is 1.25 bits per heavy atom. The first-order valence-electron chi connectivity index (χ1n) is 5.76. The highest BCUT2D eigenvalue weighted by Gasteiger charge is 2.33. The van der Waals surface area contributed by atoms with Crippen molar-refractivity contribution in [3.63, 3.8) is 0 Å². The zero-order valence-corrected chi connectivity index (χ0v) is 11.2. The molecule has 0 fully saturated rings. The molecule has 0 aliphatic carbocycles. The topological polar surface area (TPSA) is 43.8 Å². The Morgan fingerprint density at radius 2 is 2.00 bits per heavy atom. The number of hydrogen-bond acceptors (Lipinski definition) is 3. The fraction of sp³-hybridized carbons (Fsp3) is 0.154. The molecule has 3 aromatic rings. The number of benzene rings is 1. The lowest BCUT2D eigenvalue weighted by molar-refractivity contribution is -0.136. The van der Waals surface area contributed by atoms with Gasteiger partial charge in [0.2, 0.25) is 0 Å². The number of fused-ring (bicyclic) bond motifs is 1. The molecule has 2 aromatic heterocycles. The van der Waals surface area contributed by atoms with Gasteiger partial charge in [0.25, 0.3) is 0 Å². The molecule has 0 amide bonds. The van der Waals surface area contributed by atoms with Crippen molar-refractivity contribution in [3.05, 3.63) is 35.9 Å². The lowest BCUT2D eigenvalue weighted by Gasteiger charge is -2.06. The molecule has 0 aliphatic heterocycles. The predicted molar refractivity (Wildman–Crippen MR) is 73.4 cm³/mol. The largest absolute Gasteiger partial charge is 0.417 e. The van der Waals surface area contributed by atoms with Crippen molar-refractivity contribution >= 4 is 27.2 Å². The SMILES string of the molecule is Cn1nc(N)cc1-c1cc2cccc(C(F)(F)F)c2s1. The Balaban J connectivity index is 2.24. The lowest BCUT2D eigenvalue weighted by atomic mass is 10.1. The van der Waals surface area contributed by atoms with Crippen molar-refractivity contribution < 1.29 is 13.2 Å². The van der Waals surface area contributed by atoms with E-state index < -0.39 is 11.7 Å². The Hall–Kier alpha value is -2.02. The van der Waals surface area contributed by atoms with E-state index in [4.69, 9.17) is 5.73 Å². The van der Waals surface area contributed by atoms with Crippen LogP contribution in [-0.4, -0.2) is 9.78 Å². The van der Waals surface area contributed by atoms with Gasteiger partial charge >= 0.3 is 6.18 Å². The van der Waals surface area contributed by atoms with Crippen LogP contribution in [0.4, 0.5) is 19.0 Å². The first-order chi connectivity index (χ1) is 9.36. The third-order valence-electron chi connectivity index (χ3n) is 3.00. The molecule has 3 rings (SSSR count). The van der Waals surface area contributed by atoms with Crippen LogP contribution < -0.4 is 5.73 Å². The molecule has 0 unspecified atom stereocenters. The Kier molecular flexibility index (Phi) is 2.75. The molecule has 1 aromatic carbocycles. The fourth-order valence-corrected chi connectivity index (χ4v) is 3.37. The highest BCUT2D eigenvalue weighted by molar-refractivity contribution is 7.22. The van der Waals surface area contributed by atoms with Crippen LogP contribution in [0.3, 0.4) is 0 Å². The van der Waals surface area contributed by atoms with E-state index in [1.807, 2.05) is 0 Å². The second-order valence-electron chi connectivity index (χ2n) is 4.41. The van der Waals surface area contributed by atoms with Crippen LogP contribution in [0.1, 0.15) is 5.56 Å². The Labute approximate surface area is 116 Å². The molecular formula is C13H10F3N3S. The number of aromatic nitrogens is 2. The van der Waals surface area contributed by atoms with Crippen molar-refractivity contribution in [1.82, 2.24) is 9.78 Å². The number of aryl methyl sites for hydroxylation is 1. The maximum absolute atomic E-state index is 13.0. The first-order valence-corrected chi connectivity index (χ1v) is 6.57. The maximum Gasteiger partial charge on any atom is 0.417 e. The second kappa shape index (κ2) is 4.24. The van der Waals surface area contributed by atoms with Crippen LogP contribution >= 0.6 is 11.3 Å². The summed E-state index contributed by atoms with van der Waals surface area (Å²) >= 11 is 1.09. The molecule has 0 saturated heterocycles. The standard InChI is InChI=1S/C13H10F3N3S/c1-19-9(6-11(17)18-19)10-5-7-3-2-4-8(12(7)20-10)13(14,15)16/h2-6H,1H3,(H2,17,18). The van der Waals surface area contributed by atoms with Gasteiger partial charge in [-0.15, -0.1) is 11.3 Å².